The van der Waals surface area contributed by atoms with Crippen LogP contribution in [0, 0.1) is 0 Å². The Balaban J connectivity index is 2.61. The summed E-state index contributed by atoms with van der Waals surface area (Å²) in [7, 11) is 0. The summed E-state index contributed by atoms with van der Waals surface area (Å²) in [5.74, 6) is 0. The van der Waals surface area contributed by atoms with E-state index in [0.29, 0.717) is 0 Å². The van der Waals surface area contributed by atoms with Crippen molar-refractivity contribution in [3.63, 3.8) is 0 Å². The summed E-state index contributed by atoms with van der Waals surface area (Å²) in [6, 6.07) is 8.67. The van der Waals surface area contributed by atoms with Crippen LogP contribution >= 0.6 is 11.3 Å². The summed E-state index contributed by atoms with van der Waals surface area (Å²) in [6.45, 7) is 4.41. The maximum absolute atomic E-state index is 2.28. The van der Waals surface area contributed by atoms with E-state index in [2.05, 4.69) is 50.3 Å². The fraction of sp³-hybridized carbons (Fsp3) is 0.286. The molecule has 0 saturated heterocycles. The van der Waals surface area contributed by atoms with Gasteiger partial charge in [0.05, 0.1) is 0 Å². The molecule has 0 radical (unpaired) electrons. The molecule has 1 heteroatoms. The van der Waals surface area contributed by atoms with Crippen LogP contribution in [0.2, 0.25) is 0 Å². The van der Waals surface area contributed by atoms with E-state index in [1.807, 2.05) is 11.3 Å². The van der Waals surface area contributed by atoms with Gasteiger partial charge in [-0.3, -0.25) is 0 Å². The van der Waals surface area contributed by atoms with Crippen LogP contribution in [0.3, 0.4) is 0 Å². The average molecular weight is 216 g/mol. The molecule has 78 valence electrons. The number of hydrogen-bond acceptors (Lipinski definition) is 1. The van der Waals surface area contributed by atoms with E-state index in [1.165, 1.54) is 20.5 Å². The van der Waals surface area contributed by atoms with E-state index in [-0.39, 0.29) is 0 Å². The molecule has 15 heavy (non-hydrogen) atoms. The van der Waals surface area contributed by atoms with Crippen molar-refractivity contribution in [2.24, 2.45) is 0 Å². The molecule has 0 saturated carbocycles. The molecule has 1 heterocycles. The standard InChI is InChI=1S/C14H16S/c1-3-5-8-11-12-9-6-7-10-14(12)15-13(11)4-2/h5-10H,3-4H2,1-2H3/b8-5-. The van der Waals surface area contributed by atoms with Gasteiger partial charge in [0.15, 0.2) is 0 Å². The maximum Gasteiger partial charge on any atom is 0.0351 e. The van der Waals surface area contributed by atoms with Crippen LogP contribution in [0.5, 0.6) is 0 Å². The zero-order chi connectivity index (χ0) is 10.7. The van der Waals surface area contributed by atoms with E-state index in [9.17, 15) is 0 Å². The van der Waals surface area contributed by atoms with Crippen LogP contribution in [0.1, 0.15) is 30.7 Å². The van der Waals surface area contributed by atoms with Crippen molar-refractivity contribution >= 4 is 27.5 Å². The van der Waals surface area contributed by atoms with Gasteiger partial charge in [0, 0.05) is 9.58 Å². The van der Waals surface area contributed by atoms with Crippen LogP contribution in [-0.2, 0) is 6.42 Å². The van der Waals surface area contributed by atoms with Gasteiger partial charge < -0.3 is 0 Å². The largest absolute Gasteiger partial charge is 0.140 e. The molecule has 1 aromatic heterocycles. The topological polar surface area (TPSA) is 0 Å². The van der Waals surface area contributed by atoms with Crippen LogP contribution < -0.4 is 0 Å². The van der Waals surface area contributed by atoms with Crippen molar-refractivity contribution in [3.8, 4) is 0 Å². The SMILES string of the molecule is CC/C=C\c1c(CC)sc2ccccc12. The zero-order valence-corrected chi connectivity index (χ0v) is 10.1. The van der Waals surface area contributed by atoms with E-state index in [1.54, 1.807) is 0 Å². The molecule has 0 nitrogen and oxygen atoms in total. The van der Waals surface area contributed by atoms with Crippen LogP contribution in [0.15, 0.2) is 30.3 Å². The molecule has 0 aliphatic rings. The van der Waals surface area contributed by atoms with Gasteiger partial charge in [-0.15, -0.1) is 11.3 Å². The highest BCUT2D eigenvalue weighted by Gasteiger charge is 2.06. The normalized spacial score (nSPS) is 11.6. The summed E-state index contributed by atoms with van der Waals surface area (Å²) in [6.07, 6.45) is 6.75. The molecule has 0 bridgehead atoms. The van der Waals surface area contributed by atoms with Gasteiger partial charge in [-0.2, -0.15) is 0 Å². The smallest absolute Gasteiger partial charge is 0.0351 e. The average Bonchev–Trinajstić information content (AvgIpc) is 2.64. The number of benzene rings is 1. The molecule has 0 N–H and O–H groups in total. The van der Waals surface area contributed by atoms with E-state index < -0.39 is 0 Å². The van der Waals surface area contributed by atoms with Gasteiger partial charge >= 0.3 is 0 Å². The minimum atomic E-state index is 1.10. The van der Waals surface area contributed by atoms with E-state index in [4.69, 9.17) is 0 Å². The van der Waals surface area contributed by atoms with E-state index in [0.717, 1.165) is 12.8 Å². The summed E-state index contributed by atoms with van der Waals surface area (Å²) in [5, 5.41) is 1.41. The van der Waals surface area contributed by atoms with Gasteiger partial charge in [0.2, 0.25) is 0 Å². The molecule has 0 unspecified atom stereocenters. The third kappa shape index (κ3) is 1.98. The first kappa shape index (κ1) is 10.4. The van der Waals surface area contributed by atoms with Gasteiger partial charge in [-0.05, 0) is 29.9 Å². The van der Waals surface area contributed by atoms with Gasteiger partial charge in [-0.25, -0.2) is 0 Å². The van der Waals surface area contributed by atoms with E-state index >= 15 is 0 Å². The first-order valence-corrected chi connectivity index (χ1v) is 6.35. The Bertz CT molecular complexity index is 477. The molecule has 2 rings (SSSR count). The highest BCUT2D eigenvalue weighted by molar-refractivity contribution is 7.19. The molecule has 2 aromatic rings. The Morgan fingerprint density at radius 1 is 1.20 bits per heavy atom. The second-order valence-electron chi connectivity index (χ2n) is 3.60. The van der Waals surface area contributed by atoms with Crippen molar-refractivity contribution in [1.82, 2.24) is 0 Å². The monoisotopic (exact) mass is 216 g/mol. The lowest BCUT2D eigenvalue weighted by molar-refractivity contribution is 1.18. The molecule has 0 atom stereocenters. The number of allylic oxidation sites excluding steroid dienone is 1. The lowest BCUT2D eigenvalue weighted by Gasteiger charge is -1.95. The summed E-state index contributed by atoms with van der Waals surface area (Å²) < 4.78 is 1.41. The first-order valence-electron chi connectivity index (χ1n) is 5.53. The zero-order valence-electron chi connectivity index (χ0n) is 9.29. The molecule has 1 aromatic carbocycles. The second-order valence-corrected chi connectivity index (χ2v) is 4.74. The third-order valence-electron chi connectivity index (χ3n) is 2.55. The molecular weight excluding hydrogens is 200 g/mol. The van der Waals surface area contributed by atoms with Gasteiger partial charge in [0.25, 0.3) is 0 Å². The molecule has 0 amide bonds. The Kier molecular flexibility index (Phi) is 3.22. The Morgan fingerprint density at radius 3 is 2.73 bits per heavy atom. The third-order valence-corrected chi connectivity index (χ3v) is 3.88. The highest BCUT2D eigenvalue weighted by atomic mass is 32.1. The van der Waals surface area contributed by atoms with Crippen molar-refractivity contribution in [2.45, 2.75) is 26.7 Å². The fourth-order valence-electron chi connectivity index (χ4n) is 1.80. The quantitative estimate of drug-likeness (QED) is 0.685. The molecule has 0 fully saturated rings. The minimum Gasteiger partial charge on any atom is -0.140 e. The van der Waals surface area contributed by atoms with Gasteiger partial charge in [0.1, 0.15) is 0 Å². The summed E-state index contributed by atoms with van der Waals surface area (Å²) in [5.41, 5.74) is 1.43. The maximum atomic E-state index is 2.28. The minimum absolute atomic E-state index is 1.10. The summed E-state index contributed by atoms with van der Waals surface area (Å²) in [4.78, 5) is 1.50. The molecule has 0 spiro atoms. The van der Waals surface area contributed by atoms with Crippen molar-refractivity contribution in [1.29, 1.82) is 0 Å². The number of aryl methyl sites for hydroxylation is 1. The molecule has 0 aliphatic carbocycles. The van der Waals surface area contributed by atoms with Crippen LogP contribution in [-0.4, -0.2) is 0 Å². The fourth-order valence-corrected chi connectivity index (χ4v) is 2.93. The molecule has 0 aliphatic heterocycles. The number of thiophene rings is 1. The Labute approximate surface area is 95.3 Å². The Morgan fingerprint density at radius 2 is 2.00 bits per heavy atom. The van der Waals surface area contributed by atoms with Crippen LogP contribution in [0.4, 0.5) is 0 Å². The van der Waals surface area contributed by atoms with Crippen LogP contribution in [0.25, 0.3) is 16.2 Å². The lowest BCUT2D eigenvalue weighted by atomic mass is 10.1. The first-order chi connectivity index (χ1) is 7.36. The second kappa shape index (κ2) is 4.63. The number of hydrogen-bond donors (Lipinski definition) is 0. The predicted molar refractivity (Wildman–Crippen MR) is 70.5 cm³/mol. The summed E-state index contributed by atoms with van der Waals surface area (Å²) >= 11 is 1.92. The Hall–Kier alpha value is -1.08. The van der Waals surface area contributed by atoms with Gasteiger partial charge in [-0.1, -0.05) is 44.2 Å². The lowest BCUT2D eigenvalue weighted by Crippen LogP contribution is -1.77. The van der Waals surface area contributed by atoms with Crippen molar-refractivity contribution in [3.05, 3.63) is 40.8 Å². The predicted octanol–water partition coefficient (Wildman–Crippen LogP) is 4.89. The highest BCUT2D eigenvalue weighted by Crippen LogP contribution is 2.32. The van der Waals surface area contributed by atoms with Crippen molar-refractivity contribution in [2.75, 3.05) is 0 Å². The van der Waals surface area contributed by atoms with Crippen molar-refractivity contribution < 1.29 is 0 Å². The number of fused-ring (bicyclic) bond motifs is 1. The molecular formula is C14H16S. The number of rotatable bonds is 3.